The summed E-state index contributed by atoms with van der Waals surface area (Å²) < 4.78 is 17.9. The second kappa shape index (κ2) is 9.08. The number of amides is 1. The van der Waals surface area contributed by atoms with E-state index in [1.54, 1.807) is 67.5 Å². The molecule has 0 spiro atoms. The first-order chi connectivity index (χ1) is 15.2. The molecule has 0 atom stereocenters. The number of ether oxygens (including phenoxy) is 3. The number of nitrogens with zero attached hydrogens (tertiary/aromatic N) is 5. The number of methoxy groups -OCH3 is 2. The van der Waals surface area contributed by atoms with E-state index in [4.69, 9.17) is 14.2 Å². The van der Waals surface area contributed by atoms with Gasteiger partial charge < -0.3 is 19.5 Å². The molecule has 3 aromatic heterocycles. The molecule has 0 fully saturated rings. The maximum absolute atomic E-state index is 12.0. The van der Waals surface area contributed by atoms with Gasteiger partial charge in [0.1, 0.15) is 6.61 Å². The van der Waals surface area contributed by atoms with Crippen LogP contribution in [0.3, 0.4) is 0 Å². The summed E-state index contributed by atoms with van der Waals surface area (Å²) >= 11 is 0. The molecule has 0 bridgehead atoms. The molecule has 0 aliphatic carbocycles. The predicted octanol–water partition coefficient (Wildman–Crippen LogP) is 2.01. The molecule has 158 valence electrons. The minimum atomic E-state index is -0.191. The highest BCUT2D eigenvalue weighted by Crippen LogP contribution is 2.31. The monoisotopic (exact) mass is 420 g/mol. The minimum Gasteiger partial charge on any atom is -0.493 e. The summed E-state index contributed by atoms with van der Waals surface area (Å²) in [5, 5.41) is 15.6. The van der Waals surface area contributed by atoms with Crippen molar-refractivity contribution in [3.8, 4) is 28.8 Å². The van der Waals surface area contributed by atoms with Gasteiger partial charge in [-0.05, 0) is 36.4 Å². The molecule has 1 amide bonds. The third-order valence-corrected chi connectivity index (χ3v) is 4.46. The molecular formula is C21H20N6O4. The van der Waals surface area contributed by atoms with E-state index < -0.39 is 0 Å². The first-order valence-corrected chi connectivity index (χ1v) is 9.45. The number of aromatic nitrogens is 5. The van der Waals surface area contributed by atoms with Crippen LogP contribution in [-0.4, -0.2) is 58.1 Å². The molecule has 31 heavy (non-hydrogen) atoms. The Morgan fingerprint density at radius 3 is 2.58 bits per heavy atom. The van der Waals surface area contributed by atoms with Crippen LogP contribution in [0.5, 0.6) is 17.4 Å². The molecular weight excluding hydrogens is 400 g/mol. The number of pyridine rings is 1. The van der Waals surface area contributed by atoms with E-state index in [1.165, 1.54) is 0 Å². The topological polar surface area (TPSA) is 113 Å². The minimum absolute atomic E-state index is 0.191. The van der Waals surface area contributed by atoms with Gasteiger partial charge in [-0.15, -0.1) is 15.3 Å². The van der Waals surface area contributed by atoms with Crippen molar-refractivity contribution >= 4 is 11.6 Å². The van der Waals surface area contributed by atoms with Gasteiger partial charge in [0.2, 0.25) is 5.88 Å². The van der Waals surface area contributed by atoms with Crippen LogP contribution >= 0.6 is 0 Å². The Bertz CT molecular complexity index is 1200. The molecule has 0 aliphatic heterocycles. The molecule has 0 aliphatic rings. The first-order valence-electron chi connectivity index (χ1n) is 9.45. The van der Waals surface area contributed by atoms with Crippen molar-refractivity contribution in [1.82, 2.24) is 30.1 Å². The maximum atomic E-state index is 12.0. The second-order valence-electron chi connectivity index (χ2n) is 6.38. The summed E-state index contributed by atoms with van der Waals surface area (Å²) in [6.07, 6.45) is 3.14. The number of carbonyl (C=O) groups is 1. The fraction of sp³-hybridized carbons (Fsp3) is 0.190. The van der Waals surface area contributed by atoms with Crippen LogP contribution in [0, 0.1) is 0 Å². The summed E-state index contributed by atoms with van der Waals surface area (Å²) in [7, 11) is 3.15. The van der Waals surface area contributed by atoms with Crippen LogP contribution in [0.4, 0.5) is 0 Å². The van der Waals surface area contributed by atoms with Crippen molar-refractivity contribution in [3.63, 3.8) is 0 Å². The van der Waals surface area contributed by atoms with E-state index in [2.05, 4.69) is 25.6 Å². The van der Waals surface area contributed by atoms with Crippen LogP contribution in [0.25, 0.3) is 17.0 Å². The molecule has 0 saturated heterocycles. The molecule has 0 saturated carbocycles. The number of fused-ring (bicyclic) bond motifs is 1. The lowest BCUT2D eigenvalue weighted by atomic mass is 10.2. The smallest absolute Gasteiger partial charge is 0.251 e. The summed E-state index contributed by atoms with van der Waals surface area (Å²) in [6, 6.07) is 12.2. The van der Waals surface area contributed by atoms with Crippen molar-refractivity contribution in [2.24, 2.45) is 0 Å². The van der Waals surface area contributed by atoms with E-state index in [0.717, 1.165) is 5.56 Å². The van der Waals surface area contributed by atoms with E-state index >= 15 is 0 Å². The Morgan fingerprint density at radius 2 is 1.81 bits per heavy atom. The first kappa shape index (κ1) is 20.1. The van der Waals surface area contributed by atoms with E-state index in [9.17, 15) is 4.79 Å². The number of hydrogen-bond donors (Lipinski definition) is 1. The lowest BCUT2D eigenvalue weighted by molar-refractivity contribution is 0.0946. The average molecular weight is 420 g/mol. The van der Waals surface area contributed by atoms with Crippen molar-refractivity contribution in [3.05, 3.63) is 60.4 Å². The third-order valence-electron chi connectivity index (χ3n) is 4.46. The summed E-state index contributed by atoms with van der Waals surface area (Å²) in [6.45, 7) is 0.578. The van der Waals surface area contributed by atoms with Gasteiger partial charge in [-0.25, -0.2) is 0 Å². The Morgan fingerprint density at radius 1 is 1.00 bits per heavy atom. The SMILES string of the molecule is COc1ccc(-c2nnc3ccc(OCCNC(=O)c4ccncc4)nn23)cc1OC. The zero-order chi connectivity index (χ0) is 21.6. The summed E-state index contributed by atoms with van der Waals surface area (Å²) in [5.74, 6) is 1.92. The molecule has 10 nitrogen and oxygen atoms in total. The third kappa shape index (κ3) is 4.37. The number of nitrogens with one attached hydrogen (secondary N) is 1. The number of rotatable bonds is 8. The van der Waals surface area contributed by atoms with Gasteiger partial charge in [0.25, 0.3) is 5.91 Å². The number of carbonyl (C=O) groups excluding carboxylic acids is 1. The highest BCUT2D eigenvalue weighted by molar-refractivity contribution is 5.93. The quantitative estimate of drug-likeness (QED) is 0.431. The van der Waals surface area contributed by atoms with Gasteiger partial charge in [0.15, 0.2) is 23.0 Å². The second-order valence-corrected chi connectivity index (χ2v) is 6.38. The van der Waals surface area contributed by atoms with Crippen LogP contribution in [0.2, 0.25) is 0 Å². The standard InChI is InChI=1S/C21H20N6O4/c1-29-16-4-3-15(13-17(16)30-2)20-25-24-18-5-6-19(26-27(18)20)31-12-11-23-21(28)14-7-9-22-10-8-14/h3-10,13H,11-12H2,1-2H3,(H,23,28). The van der Waals surface area contributed by atoms with Crippen molar-refractivity contribution in [1.29, 1.82) is 0 Å². The van der Waals surface area contributed by atoms with Crippen LogP contribution in [0.1, 0.15) is 10.4 Å². The Hall–Kier alpha value is -4.21. The Labute approximate surface area is 177 Å². The van der Waals surface area contributed by atoms with Gasteiger partial charge in [0.05, 0.1) is 20.8 Å². The highest BCUT2D eigenvalue weighted by Gasteiger charge is 2.13. The molecule has 1 N–H and O–H groups in total. The maximum Gasteiger partial charge on any atom is 0.251 e. The van der Waals surface area contributed by atoms with E-state index in [0.29, 0.717) is 41.0 Å². The van der Waals surface area contributed by atoms with E-state index in [-0.39, 0.29) is 12.5 Å². The number of benzene rings is 1. The summed E-state index contributed by atoms with van der Waals surface area (Å²) in [5.41, 5.74) is 1.88. The van der Waals surface area contributed by atoms with Crippen molar-refractivity contribution in [2.75, 3.05) is 27.4 Å². The van der Waals surface area contributed by atoms with Crippen LogP contribution < -0.4 is 19.5 Å². The molecule has 4 aromatic rings. The average Bonchev–Trinajstić information content (AvgIpc) is 3.25. The molecule has 3 heterocycles. The van der Waals surface area contributed by atoms with Gasteiger partial charge in [0, 0.05) is 29.6 Å². The predicted molar refractivity (Wildman–Crippen MR) is 111 cm³/mol. The fourth-order valence-electron chi connectivity index (χ4n) is 2.93. The van der Waals surface area contributed by atoms with Gasteiger partial charge in [-0.2, -0.15) is 4.52 Å². The zero-order valence-electron chi connectivity index (χ0n) is 17.0. The van der Waals surface area contributed by atoms with E-state index in [1.807, 2.05) is 6.07 Å². The van der Waals surface area contributed by atoms with Crippen molar-refractivity contribution in [2.45, 2.75) is 0 Å². The van der Waals surface area contributed by atoms with Gasteiger partial charge in [-0.1, -0.05) is 0 Å². The van der Waals surface area contributed by atoms with Gasteiger partial charge >= 0.3 is 0 Å². The molecule has 0 radical (unpaired) electrons. The molecule has 4 rings (SSSR count). The van der Waals surface area contributed by atoms with Crippen molar-refractivity contribution < 1.29 is 19.0 Å². The normalized spacial score (nSPS) is 10.6. The molecule has 10 heteroatoms. The zero-order valence-corrected chi connectivity index (χ0v) is 17.0. The molecule has 0 unspecified atom stereocenters. The number of hydrogen-bond acceptors (Lipinski definition) is 8. The highest BCUT2D eigenvalue weighted by atomic mass is 16.5. The summed E-state index contributed by atoms with van der Waals surface area (Å²) in [4.78, 5) is 15.9. The lowest BCUT2D eigenvalue weighted by Crippen LogP contribution is -2.28. The van der Waals surface area contributed by atoms with Crippen LogP contribution in [0.15, 0.2) is 54.9 Å². The largest absolute Gasteiger partial charge is 0.493 e. The Balaban J connectivity index is 1.45. The fourth-order valence-corrected chi connectivity index (χ4v) is 2.93. The molecule has 1 aromatic carbocycles. The Kier molecular flexibility index (Phi) is 5.88. The van der Waals surface area contributed by atoms with Gasteiger partial charge in [-0.3, -0.25) is 9.78 Å². The lowest BCUT2D eigenvalue weighted by Gasteiger charge is -2.09. The van der Waals surface area contributed by atoms with Crippen LogP contribution in [-0.2, 0) is 0 Å².